The van der Waals surface area contributed by atoms with E-state index < -0.39 is 12.8 Å². The molecule has 19 heavy (non-hydrogen) atoms. The van der Waals surface area contributed by atoms with E-state index in [1.807, 2.05) is 26.0 Å². The minimum atomic E-state index is -4.27. The van der Waals surface area contributed by atoms with Crippen LogP contribution in [-0.2, 0) is 11.2 Å². The van der Waals surface area contributed by atoms with Gasteiger partial charge in [-0.3, -0.25) is 0 Å². The molecule has 2 nitrogen and oxygen atoms in total. The Morgan fingerprint density at radius 2 is 1.95 bits per heavy atom. The first-order valence-corrected chi connectivity index (χ1v) is 6.19. The highest BCUT2D eigenvalue weighted by molar-refractivity contribution is 5.31. The Bertz CT molecular complexity index is 404. The number of aryl methyl sites for hydroxylation is 2. The van der Waals surface area contributed by atoms with E-state index in [0.29, 0.717) is 6.42 Å². The van der Waals surface area contributed by atoms with Crippen molar-refractivity contribution in [3.8, 4) is 0 Å². The van der Waals surface area contributed by atoms with Gasteiger partial charge in [0.2, 0.25) is 0 Å². The summed E-state index contributed by atoms with van der Waals surface area (Å²) in [5, 5.41) is 2.99. The average molecular weight is 275 g/mol. The van der Waals surface area contributed by atoms with Crippen LogP contribution in [0.2, 0.25) is 0 Å². The van der Waals surface area contributed by atoms with Gasteiger partial charge in [-0.05, 0) is 38.4 Å². The second-order valence-electron chi connectivity index (χ2n) is 4.75. The lowest BCUT2D eigenvalue weighted by Gasteiger charge is -2.18. The maximum Gasteiger partial charge on any atom is 0.411 e. The molecule has 0 bridgehead atoms. The van der Waals surface area contributed by atoms with Gasteiger partial charge < -0.3 is 10.1 Å². The monoisotopic (exact) mass is 275 g/mol. The Hall–Kier alpha value is -1.07. The van der Waals surface area contributed by atoms with Gasteiger partial charge in [0.25, 0.3) is 0 Å². The lowest BCUT2D eigenvalue weighted by molar-refractivity contribution is -0.175. The van der Waals surface area contributed by atoms with Crippen LogP contribution in [-0.4, -0.2) is 32.5 Å². The molecule has 0 saturated heterocycles. The highest BCUT2D eigenvalue weighted by atomic mass is 19.4. The number of benzene rings is 1. The van der Waals surface area contributed by atoms with Gasteiger partial charge in [-0.25, -0.2) is 0 Å². The molecule has 1 rings (SSSR count). The highest BCUT2D eigenvalue weighted by Crippen LogP contribution is 2.16. The molecule has 0 aromatic heterocycles. The van der Waals surface area contributed by atoms with Crippen molar-refractivity contribution in [2.75, 3.05) is 20.3 Å². The van der Waals surface area contributed by atoms with Gasteiger partial charge in [-0.2, -0.15) is 13.2 Å². The van der Waals surface area contributed by atoms with Crippen molar-refractivity contribution in [2.24, 2.45) is 0 Å². The number of hydrogen-bond acceptors (Lipinski definition) is 2. The van der Waals surface area contributed by atoms with Crippen LogP contribution >= 0.6 is 0 Å². The van der Waals surface area contributed by atoms with Gasteiger partial charge in [0, 0.05) is 6.04 Å². The summed E-state index contributed by atoms with van der Waals surface area (Å²) in [5.74, 6) is 0. The predicted octanol–water partition coefficient (Wildman–Crippen LogP) is 3.01. The van der Waals surface area contributed by atoms with E-state index in [2.05, 4.69) is 11.4 Å². The lowest BCUT2D eigenvalue weighted by Crippen LogP contribution is -2.34. The zero-order chi connectivity index (χ0) is 14.5. The standard InChI is InChI=1S/C14H20F3NO/c1-10-4-5-11(2)12(6-10)7-13(18-3)8-19-9-14(15,16)17/h4-6,13,18H,7-9H2,1-3H3. The minimum Gasteiger partial charge on any atom is -0.370 e. The molecular formula is C14H20F3NO. The fourth-order valence-corrected chi connectivity index (χ4v) is 1.85. The van der Waals surface area contributed by atoms with Crippen LogP contribution in [0.15, 0.2) is 18.2 Å². The highest BCUT2D eigenvalue weighted by Gasteiger charge is 2.27. The van der Waals surface area contributed by atoms with Crippen LogP contribution in [0.4, 0.5) is 13.2 Å². The summed E-state index contributed by atoms with van der Waals surface area (Å²) in [6, 6.07) is 5.98. The van der Waals surface area contributed by atoms with Crippen LogP contribution in [0, 0.1) is 13.8 Å². The summed E-state index contributed by atoms with van der Waals surface area (Å²) >= 11 is 0. The van der Waals surface area contributed by atoms with Crippen molar-refractivity contribution in [2.45, 2.75) is 32.5 Å². The van der Waals surface area contributed by atoms with Crippen LogP contribution in [0.5, 0.6) is 0 Å². The number of nitrogens with one attached hydrogen (secondary N) is 1. The van der Waals surface area contributed by atoms with Crippen LogP contribution in [0.25, 0.3) is 0 Å². The van der Waals surface area contributed by atoms with E-state index >= 15 is 0 Å². The molecule has 1 aromatic carbocycles. The molecule has 0 aliphatic rings. The minimum absolute atomic E-state index is 0.0450. The van der Waals surface area contributed by atoms with Crippen molar-refractivity contribution in [3.63, 3.8) is 0 Å². The van der Waals surface area contributed by atoms with Crippen molar-refractivity contribution in [1.29, 1.82) is 0 Å². The summed E-state index contributed by atoms with van der Waals surface area (Å²) in [7, 11) is 1.73. The van der Waals surface area contributed by atoms with E-state index in [1.165, 1.54) is 0 Å². The van der Waals surface area contributed by atoms with E-state index in [0.717, 1.165) is 16.7 Å². The first kappa shape index (κ1) is 16.0. The molecule has 1 atom stereocenters. The fourth-order valence-electron chi connectivity index (χ4n) is 1.85. The number of hydrogen-bond donors (Lipinski definition) is 1. The largest absolute Gasteiger partial charge is 0.411 e. The summed E-state index contributed by atoms with van der Waals surface area (Å²) in [6.07, 6.45) is -3.61. The molecule has 1 aromatic rings. The summed E-state index contributed by atoms with van der Waals surface area (Å²) in [5.41, 5.74) is 3.42. The topological polar surface area (TPSA) is 21.3 Å². The van der Waals surface area contributed by atoms with Gasteiger partial charge in [-0.15, -0.1) is 0 Å². The number of halogens is 3. The van der Waals surface area contributed by atoms with Gasteiger partial charge >= 0.3 is 6.18 Å². The maximum absolute atomic E-state index is 12.0. The van der Waals surface area contributed by atoms with Gasteiger partial charge in [-0.1, -0.05) is 23.8 Å². The molecule has 0 heterocycles. The van der Waals surface area contributed by atoms with E-state index in [9.17, 15) is 13.2 Å². The van der Waals surface area contributed by atoms with E-state index in [1.54, 1.807) is 7.05 Å². The fraction of sp³-hybridized carbons (Fsp3) is 0.571. The Morgan fingerprint density at radius 1 is 1.26 bits per heavy atom. The first-order valence-electron chi connectivity index (χ1n) is 6.19. The second kappa shape index (κ2) is 6.91. The maximum atomic E-state index is 12.0. The molecule has 1 N–H and O–H groups in total. The Morgan fingerprint density at radius 3 is 2.53 bits per heavy atom. The summed E-state index contributed by atoms with van der Waals surface area (Å²) in [6.45, 7) is 2.84. The normalized spacial score (nSPS) is 13.6. The molecule has 0 fully saturated rings. The second-order valence-corrected chi connectivity index (χ2v) is 4.75. The van der Waals surface area contributed by atoms with Crippen molar-refractivity contribution < 1.29 is 17.9 Å². The molecule has 1 unspecified atom stereocenters. The molecule has 0 aliphatic carbocycles. The van der Waals surface area contributed by atoms with E-state index in [-0.39, 0.29) is 12.6 Å². The zero-order valence-corrected chi connectivity index (χ0v) is 11.5. The number of likely N-dealkylation sites (N-methyl/N-ethyl adjacent to an activating group) is 1. The summed E-state index contributed by atoms with van der Waals surface area (Å²) in [4.78, 5) is 0. The van der Waals surface area contributed by atoms with Crippen LogP contribution in [0.3, 0.4) is 0 Å². The van der Waals surface area contributed by atoms with Crippen LogP contribution < -0.4 is 5.32 Å². The lowest BCUT2D eigenvalue weighted by atomic mass is 9.99. The smallest absolute Gasteiger partial charge is 0.370 e. The third kappa shape index (κ3) is 6.07. The van der Waals surface area contributed by atoms with Crippen LogP contribution in [0.1, 0.15) is 16.7 Å². The van der Waals surface area contributed by atoms with Gasteiger partial charge in [0.05, 0.1) is 6.61 Å². The molecular weight excluding hydrogens is 255 g/mol. The molecule has 0 amide bonds. The molecule has 0 spiro atoms. The third-order valence-electron chi connectivity index (χ3n) is 2.96. The third-order valence-corrected chi connectivity index (χ3v) is 2.96. The average Bonchev–Trinajstić information content (AvgIpc) is 2.30. The zero-order valence-electron chi connectivity index (χ0n) is 11.5. The summed E-state index contributed by atoms with van der Waals surface area (Å²) < 4.78 is 40.7. The van der Waals surface area contributed by atoms with E-state index in [4.69, 9.17) is 4.74 Å². The Balaban J connectivity index is 2.54. The van der Waals surface area contributed by atoms with Crippen molar-refractivity contribution in [1.82, 2.24) is 5.32 Å². The van der Waals surface area contributed by atoms with Crippen molar-refractivity contribution in [3.05, 3.63) is 34.9 Å². The molecule has 0 aliphatic heterocycles. The molecule has 108 valence electrons. The molecule has 5 heteroatoms. The predicted molar refractivity (Wildman–Crippen MR) is 69.3 cm³/mol. The van der Waals surface area contributed by atoms with Gasteiger partial charge in [0.15, 0.2) is 0 Å². The Kier molecular flexibility index (Phi) is 5.82. The molecule has 0 radical (unpaired) electrons. The number of ether oxygens (including phenoxy) is 1. The SMILES string of the molecule is CNC(COCC(F)(F)F)Cc1cc(C)ccc1C. The first-order chi connectivity index (χ1) is 8.81. The van der Waals surface area contributed by atoms with Crippen molar-refractivity contribution >= 4 is 0 Å². The number of alkyl halides is 3. The number of rotatable bonds is 6. The Labute approximate surface area is 112 Å². The quantitative estimate of drug-likeness (QED) is 0.861. The van der Waals surface area contributed by atoms with Gasteiger partial charge in [0.1, 0.15) is 6.61 Å². The molecule has 0 saturated carbocycles.